The van der Waals surface area contributed by atoms with Gasteiger partial charge in [-0.3, -0.25) is 4.79 Å². The van der Waals surface area contributed by atoms with Gasteiger partial charge in [0.15, 0.2) is 0 Å². The Morgan fingerprint density at radius 1 is 1.35 bits per heavy atom. The van der Waals surface area contributed by atoms with E-state index >= 15 is 0 Å². The number of likely N-dealkylation sites (N-methyl/N-ethyl adjacent to an activating group) is 1. The average molecular weight is 250 g/mol. The summed E-state index contributed by atoms with van der Waals surface area (Å²) < 4.78 is 0. The van der Waals surface area contributed by atoms with Crippen LogP contribution in [0.4, 0.5) is 0 Å². The lowest BCUT2D eigenvalue weighted by atomic mass is 10.2. The van der Waals surface area contributed by atoms with Crippen molar-refractivity contribution in [2.45, 2.75) is 6.92 Å². The summed E-state index contributed by atoms with van der Waals surface area (Å²) >= 11 is 1.66. The molecule has 1 aliphatic rings. The van der Waals surface area contributed by atoms with Gasteiger partial charge in [-0.1, -0.05) is 6.07 Å². The van der Waals surface area contributed by atoms with E-state index in [4.69, 9.17) is 0 Å². The zero-order valence-electron chi connectivity index (χ0n) is 10.3. The molecule has 2 rings (SSSR count). The Kier molecular flexibility index (Phi) is 3.97. The van der Waals surface area contributed by atoms with Crippen molar-refractivity contribution in [2.75, 3.05) is 33.2 Å². The van der Waals surface area contributed by atoms with Gasteiger partial charge in [-0.25, -0.2) is 0 Å². The van der Waals surface area contributed by atoms with Gasteiger partial charge in [-0.15, -0.1) is 11.3 Å². The summed E-state index contributed by atoms with van der Waals surface area (Å²) in [7, 11) is 2.09. The third kappa shape index (κ3) is 3.17. The van der Waals surface area contributed by atoms with Crippen molar-refractivity contribution < 1.29 is 4.79 Å². The fourth-order valence-corrected chi connectivity index (χ4v) is 2.62. The zero-order chi connectivity index (χ0) is 12.3. The highest BCUT2D eigenvalue weighted by atomic mass is 32.1. The molecule has 0 saturated carbocycles. The van der Waals surface area contributed by atoms with Gasteiger partial charge in [0.05, 0.1) is 0 Å². The summed E-state index contributed by atoms with van der Waals surface area (Å²) in [5.74, 6) is 0.173. The van der Waals surface area contributed by atoms with Gasteiger partial charge in [-0.05, 0) is 31.5 Å². The lowest BCUT2D eigenvalue weighted by molar-refractivity contribution is -0.128. The second-order valence-electron chi connectivity index (χ2n) is 4.44. The molecule has 92 valence electrons. The number of thiophene rings is 1. The Morgan fingerprint density at radius 3 is 2.65 bits per heavy atom. The van der Waals surface area contributed by atoms with Crippen LogP contribution in [0.25, 0.3) is 6.08 Å². The number of carbonyl (C=O) groups is 1. The van der Waals surface area contributed by atoms with E-state index in [9.17, 15) is 4.79 Å². The van der Waals surface area contributed by atoms with Crippen molar-refractivity contribution >= 4 is 23.3 Å². The Balaban J connectivity index is 2.00. The topological polar surface area (TPSA) is 23.6 Å². The molecule has 0 bridgehead atoms. The Morgan fingerprint density at radius 2 is 2.06 bits per heavy atom. The van der Waals surface area contributed by atoms with Crippen LogP contribution < -0.4 is 0 Å². The van der Waals surface area contributed by atoms with E-state index in [-0.39, 0.29) is 5.91 Å². The molecular weight excluding hydrogens is 232 g/mol. The van der Waals surface area contributed by atoms with Crippen molar-refractivity contribution in [1.29, 1.82) is 0 Å². The number of nitrogens with zero attached hydrogens (tertiary/aromatic N) is 2. The number of hydrogen-bond donors (Lipinski definition) is 0. The number of amides is 1. The number of carbonyl (C=O) groups excluding carboxylic acids is 1. The lowest BCUT2D eigenvalue weighted by Gasteiger charge is -2.32. The molecule has 0 aliphatic carbocycles. The predicted molar refractivity (Wildman–Crippen MR) is 72.0 cm³/mol. The lowest BCUT2D eigenvalue weighted by Crippen LogP contribution is -2.47. The van der Waals surface area contributed by atoms with E-state index in [0.29, 0.717) is 0 Å². The highest BCUT2D eigenvalue weighted by Gasteiger charge is 2.19. The molecule has 1 fully saturated rings. The fraction of sp³-hybridized carbons (Fsp3) is 0.462. The normalized spacial score (nSPS) is 18.5. The molecule has 0 atom stereocenters. The summed E-state index contributed by atoms with van der Waals surface area (Å²) in [6.07, 6.45) is 1.98. The molecule has 17 heavy (non-hydrogen) atoms. The van der Waals surface area contributed by atoms with Crippen LogP contribution in [0, 0.1) is 0 Å². The first-order valence-electron chi connectivity index (χ1n) is 5.86. The molecule has 0 spiro atoms. The quantitative estimate of drug-likeness (QED) is 0.749. The molecule has 3 nitrogen and oxygen atoms in total. The van der Waals surface area contributed by atoms with E-state index in [1.165, 1.54) is 0 Å². The molecule has 0 N–H and O–H groups in total. The maximum absolute atomic E-state index is 12.2. The molecule has 1 aromatic rings. The van der Waals surface area contributed by atoms with Gasteiger partial charge in [0.1, 0.15) is 0 Å². The van der Waals surface area contributed by atoms with Crippen LogP contribution in [-0.2, 0) is 4.79 Å². The van der Waals surface area contributed by atoms with Gasteiger partial charge in [0.2, 0.25) is 5.91 Å². The van der Waals surface area contributed by atoms with Crippen molar-refractivity contribution in [3.8, 4) is 0 Å². The highest BCUT2D eigenvalue weighted by Crippen LogP contribution is 2.15. The fourth-order valence-electron chi connectivity index (χ4n) is 1.91. The zero-order valence-corrected chi connectivity index (χ0v) is 11.2. The Bertz CT molecular complexity index is 403. The van der Waals surface area contributed by atoms with Crippen LogP contribution in [0.15, 0.2) is 23.1 Å². The largest absolute Gasteiger partial charge is 0.336 e. The molecular formula is C13H18N2OS. The molecule has 0 radical (unpaired) electrons. The first-order chi connectivity index (χ1) is 8.16. The minimum Gasteiger partial charge on any atom is -0.336 e. The van der Waals surface area contributed by atoms with Crippen LogP contribution >= 0.6 is 11.3 Å². The highest BCUT2D eigenvalue weighted by molar-refractivity contribution is 7.10. The average Bonchev–Trinajstić information content (AvgIpc) is 2.82. The standard InChI is InChI=1S/C13H18N2OS/c1-11(10-12-4-3-9-17-12)13(16)15-7-5-14(2)6-8-15/h3-4,9-10H,5-8H2,1-2H3/b11-10+. The summed E-state index contributed by atoms with van der Waals surface area (Å²) in [4.78, 5) is 17.5. The molecule has 2 heterocycles. The maximum atomic E-state index is 12.2. The minimum absolute atomic E-state index is 0.173. The third-order valence-corrected chi connectivity index (χ3v) is 3.85. The second-order valence-corrected chi connectivity index (χ2v) is 5.42. The van der Waals surface area contributed by atoms with Crippen LogP contribution in [0.2, 0.25) is 0 Å². The summed E-state index contributed by atoms with van der Waals surface area (Å²) in [5, 5.41) is 2.03. The second kappa shape index (κ2) is 5.47. The number of rotatable bonds is 2. The first kappa shape index (κ1) is 12.3. The van der Waals surface area contributed by atoms with Crippen LogP contribution in [-0.4, -0.2) is 48.9 Å². The van der Waals surface area contributed by atoms with Gasteiger partial charge in [0.25, 0.3) is 0 Å². The summed E-state index contributed by atoms with van der Waals surface area (Å²) in [5.41, 5.74) is 0.831. The first-order valence-corrected chi connectivity index (χ1v) is 6.74. The van der Waals surface area contributed by atoms with Crippen LogP contribution in [0.5, 0.6) is 0 Å². The predicted octanol–water partition coefficient (Wildman–Crippen LogP) is 1.93. The maximum Gasteiger partial charge on any atom is 0.249 e. The minimum atomic E-state index is 0.173. The van der Waals surface area contributed by atoms with E-state index in [2.05, 4.69) is 11.9 Å². The van der Waals surface area contributed by atoms with Crippen molar-refractivity contribution in [3.05, 3.63) is 28.0 Å². The molecule has 4 heteroatoms. The smallest absolute Gasteiger partial charge is 0.249 e. The van der Waals surface area contributed by atoms with Crippen LogP contribution in [0.3, 0.4) is 0 Å². The monoisotopic (exact) mass is 250 g/mol. The molecule has 1 aromatic heterocycles. The van der Waals surface area contributed by atoms with Crippen molar-refractivity contribution in [3.63, 3.8) is 0 Å². The number of hydrogen-bond acceptors (Lipinski definition) is 3. The summed E-state index contributed by atoms with van der Waals surface area (Å²) in [6.45, 7) is 5.52. The Labute approximate surface area is 106 Å². The SMILES string of the molecule is C/C(=C\c1cccs1)C(=O)N1CCN(C)CC1. The van der Waals surface area contributed by atoms with Crippen molar-refractivity contribution in [2.24, 2.45) is 0 Å². The van der Waals surface area contributed by atoms with Gasteiger partial charge >= 0.3 is 0 Å². The van der Waals surface area contributed by atoms with E-state index in [1.54, 1.807) is 11.3 Å². The third-order valence-electron chi connectivity index (χ3n) is 3.03. The van der Waals surface area contributed by atoms with Gasteiger partial charge in [-0.2, -0.15) is 0 Å². The van der Waals surface area contributed by atoms with E-state index < -0.39 is 0 Å². The number of piperazine rings is 1. The molecule has 1 saturated heterocycles. The van der Waals surface area contributed by atoms with Crippen molar-refractivity contribution in [1.82, 2.24) is 9.80 Å². The van der Waals surface area contributed by atoms with Gasteiger partial charge in [0, 0.05) is 36.6 Å². The molecule has 1 amide bonds. The van der Waals surface area contributed by atoms with Gasteiger partial charge < -0.3 is 9.80 Å². The molecule has 0 aromatic carbocycles. The van der Waals surface area contributed by atoms with E-state index in [0.717, 1.165) is 36.6 Å². The Hall–Kier alpha value is -1.13. The van der Waals surface area contributed by atoms with Crippen LogP contribution in [0.1, 0.15) is 11.8 Å². The molecule has 0 unspecified atom stereocenters. The summed E-state index contributed by atoms with van der Waals surface area (Å²) in [6, 6.07) is 4.04. The molecule has 1 aliphatic heterocycles. The van der Waals surface area contributed by atoms with E-state index in [1.807, 2.05) is 35.4 Å².